The van der Waals surface area contributed by atoms with Gasteiger partial charge in [0.1, 0.15) is 11.6 Å². The van der Waals surface area contributed by atoms with E-state index in [0.29, 0.717) is 5.56 Å². The van der Waals surface area contributed by atoms with E-state index in [1.165, 1.54) is 6.07 Å². The van der Waals surface area contributed by atoms with Gasteiger partial charge in [0.05, 0.1) is 11.9 Å². The smallest absolute Gasteiger partial charge is 0.403 e. The summed E-state index contributed by atoms with van der Waals surface area (Å²) in [6.45, 7) is 0. The summed E-state index contributed by atoms with van der Waals surface area (Å²) in [4.78, 5) is 18.6. The molecule has 0 aliphatic carbocycles. The van der Waals surface area contributed by atoms with Crippen LogP contribution >= 0.6 is 0 Å². The summed E-state index contributed by atoms with van der Waals surface area (Å²) in [5, 5.41) is 13.0. The van der Waals surface area contributed by atoms with Crippen molar-refractivity contribution in [3.8, 4) is 23.1 Å². The Kier molecular flexibility index (Phi) is 5.78. The van der Waals surface area contributed by atoms with Crippen molar-refractivity contribution in [1.29, 1.82) is 5.26 Å². The fourth-order valence-corrected chi connectivity index (χ4v) is 2.41. The molecule has 152 valence electrons. The quantitative estimate of drug-likeness (QED) is 0.374. The zero-order chi connectivity index (χ0) is 21.7. The molecule has 0 unspecified atom stereocenters. The van der Waals surface area contributed by atoms with E-state index in [2.05, 4.69) is 25.2 Å². The number of benzene rings is 2. The van der Waals surface area contributed by atoms with Gasteiger partial charge in [-0.1, -0.05) is 36.4 Å². The van der Waals surface area contributed by atoms with Crippen molar-refractivity contribution in [1.82, 2.24) is 9.97 Å². The fraction of sp³-hybridized carbons (Fsp3) is 0.0526. The van der Waals surface area contributed by atoms with Gasteiger partial charge in [-0.3, -0.25) is 9.78 Å². The zero-order valence-corrected chi connectivity index (χ0v) is 14.9. The molecule has 0 radical (unpaired) electrons. The van der Waals surface area contributed by atoms with Crippen LogP contribution in [0, 0.1) is 17.1 Å². The normalized spacial score (nSPS) is 11.3. The molecular weight excluding hydrogens is 406 g/mol. The first-order valence-corrected chi connectivity index (χ1v) is 8.21. The molecule has 3 aromatic rings. The lowest BCUT2D eigenvalue weighted by Crippen LogP contribution is -2.18. The van der Waals surface area contributed by atoms with Crippen LogP contribution in [0.2, 0.25) is 0 Å². The number of ether oxygens (including phenoxy) is 1. The Hall–Kier alpha value is -4.20. The van der Waals surface area contributed by atoms with Gasteiger partial charge < -0.3 is 4.74 Å². The van der Waals surface area contributed by atoms with Gasteiger partial charge in [-0.25, -0.2) is 14.8 Å². The molecule has 2 N–H and O–H groups in total. The molecule has 1 aromatic heterocycles. The minimum Gasteiger partial charge on any atom is -0.403 e. The summed E-state index contributed by atoms with van der Waals surface area (Å²) >= 11 is 0. The van der Waals surface area contributed by atoms with Crippen molar-refractivity contribution in [3.63, 3.8) is 0 Å². The second-order valence-corrected chi connectivity index (χ2v) is 5.72. The number of hydrogen-bond acceptors (Lipinski definition) is 6. The van der Waals surface area contributed by atoms with Crippen molar-refractivity contribution in [2.24, 2.45) is 5.10 Å². The Morgan fingerprint density at radius 3 is 2.60 bits per heavy atom. The molecular formula is C19H11F4N5O2. The van der Waals surface area contributed by atoms with Crippen LogP contribution in [0.3, 0.4) is 0 Å². The standard InChI is InChI=1S/C19H11F4N5O2/c20-14-7-6-11(8-15(14)30-19(21,22)23)10-25-28-18-26-16(12-4-2-1-3-5-12)13(9-24)17(29)27-18/h1-8,10H,(H2,26,27,28,29). The van der Waals surface area contributed by atoms with Crippen molar-refractivity contribution in [2.75, 3.05) is 5.43 Å². The van der Waals surface area contributed by atoms with Gasteiger partial charge in [-0.05, 0) is 17.7 Å². The number of H-pyrrole nitrogens is 1. The molecule has 11 heteroatoms. The average molecular weight is 417 g/mol. The lowest BCUT2D eigenvalue weighted by molar-refractivity contribution is -0.275. The lowest BCUT2D eigenvalue weighted by Gasteiger charge is -2.10. The van der Waals surface area contributed by atoms with Crippen LogP contribution in [0.5, 0.6) is 5.75 Å². The first kappa shape index (κ1) is 20.5. The van der Waals surface area contributed by atoms with Crippen LogP contribution in [0.1, 0.15) is 11.1 Å². The monoisotopic (exact) mass is 417 g/mol. The average Bonchev–Trinajstić information content (AvgIpc) is 2.69. The third-order valence-electron chi connectivity index (χ3n) is 3.64. The second-order valence-electron chi connectivity index (χ2n) is 5.72. The van der Waals surface area contributed by atoms with Crippen LogP contribution < -0.4 is 15.7 Å². The van der Waals surface area contributed by atoms with Crippen LogP contribution in [-0.2, 0) is 0 Å². The summed E-state index contributed by atoms with van der Waals surface area (Å²) in [5.41, 5.74) is 2.26. The minimum atomic E-state index is -5.05. The molecule has 0 amide bonds. The van der Waals surface area contributed by atoms with E-state index >= 15 is 0 Å². The number of hydrazone groups is 1. The topological polar surface area (TPSA) is 103 Å². The van der Waals surface area contributed by atoms with Gasteiger partial charge in [-0.15, -0.1) is 13.2 Å². The molecule has 0 atom stereocenters. The number of nitrogens with one attached hydrogen (secondary N) is 2. The predicted octanol–water partition coefficient (Wildman–Crippen LogP) is 3.79. The van der Waals surface area contributed by atoms with E-state index in [-0.39, 0.29) is 22.8 Å². The summed E-state index contributed by atoms with van der Waals surface area (Å²) in [6, 6.07) is 13.1. The van der Waals surface area contributed by atoms with Crippen LogP contribution in [0.4, 0.5) is 23.5 Å². The molecule has 0 spiro atoms. The number of hydrogen-bond donors (Lipinski definition) is 2. The van der Waals surface area contributed by atoms with Crippen molar-refractivity contribution < 1.29 is 22.3 Å². The SMILES string of the molecule is N#Cc1c(-c2ccccc2)nc(NN=Cc2ccc(F)c(OC(F)(F)F)c2)[nH]c1=O. The number of halogens is 4. The Bertz CT molecular complexity index is 1180. The van der Waals surface area contributed by atoms with E-state index in [0.717, 1.165) is 18.3 Å². The van der Waals surface area contributed by atoms with Gasteiger partial charge in [0, 0.05) is 5.56 Å². The van der Waals surface area contributed by atoms with Gasteiger partial charge >= 0.3 is 6.36 Å². The minimum absolute atomic E-state index is 0.0856. The number of aromatic nitrogens is 2. The maximum absolute atomic E-state index is 13.4. The number of rotatable bonds is 5. The molecule has 2 aromatic carbocycles. The molecule has 0 saturated heterocycles. The van der Waals surface area contributed by atoms with E-state index in [4.69, 9.17) is 0 Å². The first-order valence-electron chi connectivity index (χ1n) is 8.21. The highest BCUT2D eigenvalue weighted by molar-refractivity contribution is 5.80. The largest absolute Gasteiger partial charge is 0.573 e. The first-order chi connectivity index (χ1) is 14.3. The highest BCUT2D eigenvalue weighted by Crippen LogP contribution is 2.26. The van der Waals surface area contributed by atoms with E-state index in [1.54, 1.807) is 36.4 Å². The van der Waals surface area contributed by atoms with E-state index < -0.39 is 23.5 Å². The molecule has 0 saturated carbocycles. The number of aromatic amines is 1. The Morgan fingerprint density at radius 2 is 1.93 bits per heavy atom. The van der Waals surface area contributed by atoms with Gasteiger partial charge in [0.25, 0.3) is 5.56 Å². The lowest BCUT2D eigenvalue weighted by atomic mass is 10.1. The summed E-state index contributed by atoms with van der Waals surface area (Å²) < 4.78 is 54.0. The molecule has 1 heterocycles. The molecule has 3 rings (SSSR count). The van der Waals surface area contributed by atoms with Gasteiger partial charge in [0.2, 0.25) is 5.95 Å². The van der Waals surface area contributed by atoms with Crippen LogP contribution in [0.25, 0.3) is 11.3 Å². The van der Waals surface area contributed by atoms with Crippen molar-refractivity contribution in [3.05, 3.63) is 75.8 Å². The van der Waals surface area contributed by atoms with E-state index in [9.17, 15) is 27.6 Å². The fourth-order valence-electron chi connectivity index (χ4n) is 2.41. The molecule has 0 fully saturated rings. The van der Waals surface area contributed by atoms with E-state index in [1.807, 2.05) is 0 Å². The zero-order valence-electron chi connectivity index (χ0n) is 14.9. The van der Waals surface area contributed by atoms with Gasteiger partial charge in [0.15, 0.2) is 11.6 Å². The number of nitrogens with zero attached hydrogens (tertiary/aromatic N) is 3. The highest BCUT2D eigenvalue weighted by atomic mass is 19.4. The summed E-state index contributed by atoms with van der Waals surface area (Å²) in [5.74, 6) is -2.31. The van der Waals surface area contributed by atoms with Crippen LogP contribution in [0.15, 0.2) is 58.4 Å². The molecule has 0 bridgehead atoms. The Balaban J connectivity index is 1.85. The predicted molar refractivity (Wildman–Crippen MR) is 99.3 cm³/mol. The molecule has 0 aliphatic rings. The second kappa shape index (κ2) is 8.44. The molecule has 0 aliphatic heterocycles. The number of anilines is 1. The third kappa shape index (κ3) is 4.99. The number of nitriles is 1. The third-order valence-corrected chi connectivity index (χ3v) is 3.64. The number of alkyl halides is 3. The van der Waals surface area contributed by atoms with Crippen molar-refractivity contribution in [2.45, 2.75) is 6.36 Å². The maximum Gasteiger partial charge on any atom is 0.573 e. The van der Waals surface area contributed by atoms with Gasteiger partial charge in [-0.2, -0.15) is 10.4 Å². The Morgan fingerprint density at radius 1 is 1.20 bits per heavy atom. The molecule has 30 heavy (non-hydrogen) atoms. The summed E-state index contributed by atoms with van der Waals surface area (Å²) in [6.07, 6.45) is -3.97. The van der Waals surface area contributed by atoms with Crippen LogP contribution in [-0.4, -0.2) is 22.5 Å². The molecule has 7 nitrogen and oxygen atoms in total. The maximum atomic E-state index is 13.4. The Labute approximate surface area is 166 Å². The summed E-state index contributed by atoms with van der Waals surface area (Å²) in [7, 11) is 0. The highest BCUT2D eigenvalue weighted by Gasteiger charge is 2.32. The van der Waals surface area contributed by atoms with Crippen molar-refractivity contribution >= 4 is 12.2 Å².